The lowest BCUT2D eigenvalue weighted by atomic mass is 9.94. The largest absolute Gasteiger partial charge is 0.507 e. The topological polar surface area (TPSA) is 79.1 Å². The van der Waals surface area contributed by atoms with Gasteiger partial charge in [0.2, 0.25) is 0 Å². The van der Waals surface area contributed by atoms with Gasteiger partial charge in [-0.15, -0.1) is 0 Å². The Morgan fingerprint density at radius 1 is 0.815 bits per heavy atom. The normalized spacial score (nSPS) is 11.4. The monoisotopic (exact) mass is 352 g/mol. The number of para-hydroxylation sites is 1. The molecule has 0 atom stereocenters. The van der Waals surface area contributed by atoms with Crippen LogP contribution in [0.15, 0.2) is 72.8 Å². The molecule has 5 aromatic rings. The van der Waals surface area contributed by atoms with Gasteiger partial charge in [0.1, 0.15) is 5.75 Å². The Kier molecular flexibility index (Phi) is 3.21. The lowest BCUT2D eigenvalue weighted by Crippen LogP contribution is -2.07. The predicted octanol–water partition coefficient (Wildman–Crippen LogP) is 4.99. The average molecular weight is 352 g/mol. The number of nitrogens with two attached hydrogens (primary N) is 1. The van der Waals surface area contributed by atoms with Crippen molar-refractivity contribution in [3.8, 4) is 5.75 Å². The molecule has 4 heteroatoms. The minimum atomic E-state index is -0.289. The summed E-state index contributed by atoms with van der Waals surface area (Å²) in [6, 6.07) is 22.4. The van der Waals surface area contributed by atoms with Gasteiger partial charge < -0.3 is 15.8 Å². The summed E-state index contributed by atoms with van der Waals surface area (Å²) in [5, 5.41) is 14.0. The van der Waals surface area contributed by atoms with Crippen molar-refractivity contribution in [3.63, 3.8) is 0 Å². The molecular formula is C23H16N2O2. The van der Waals surface area contributed by atoms with Gasteiger partial charge in [0.05, 0.1) is 16.8 Å². The summed E-state index contributed by atoms with van der Waals surface area (Å²) in [5.74, 6) is -0.336. The molecule has 1 aromatic heterocycles. The first kappa shape index (κ1) is 15.5. The average Bonchev–Trinajstić information content (AvgIpc) is 3.07. The molecule has 0 aliphatic rings. The first-order valence-corrected chi connectivity index (χ1v) is 8.69. The van der Waals surface area contributed by atoms with Crippen molar-refractivity contribution in [2.75, 3.05) is 5.73 Å². The zero-order valence-electron chi connectivity index (χ0n) is 14.4. The van der Waals surface area contributed by atoms with Crippen LogP contribution in [0.3, 0.4) is 0 Å². The summed E-state index contributed by atoms with van der Waals surface area (Å²) in [6.45, 7) is 0. The maximum Gasteiger partial charge on any atom is 0.199 e. The molecule has 0 saturated carbocycles. The van der Waals surface area contributed by atoms with Crippen molar-refractivity contribution < 1.29 is 9.90 Å². The van der Waals surface area contributed by atoms with E-state index < -0.39 is 0 Å². The minimum absolute atomic E-state index is 0.0464. The molecule has 0 saturated heterocycles. The van der Waals surface area contributed by atoms with Crippen molar-refractivity contribution in [1.82, 2.24) is 4.98 Å². The number of phenolic OH excluding ortho intramolecular Hbond substituents is 1. The third kappa shape index (κ3) is 2.20. The highest BCUT2D eigenvalue weighted by Crippen LogP contribution is 2.35. The first-order valence-electron chi connectivity index (χ1n) is 8.69. The van der Waals surface area contributed by atoms with Gasteiger partial charge in [-0.3, -0.25) is 4.79 Å². The van der Waals surface area contributed by atoms with Gasteiger partial charge in [0, 0.05) is 21.9 Å². The number of ketones is 1. The Hall–Kier alpha value is -3.79. The molecule has 0 aliphatic carbocycles. The van der Waals surface area contributed by atoms with E-state index in [9.17, 15) is 9.90 Å². The van der Waals surface area contributed by atoms with Gasteiger partial charge in [0.25, 0.3) is 0 Å². The number of aromatic nitrogens is 1. The van der Waals surface area contributed by atoms with E-state index in [2.05, 4.69) is 4.98 Å². The Bertz CT molecular complexity index is 1370. The smallest absolute Gasteiger partial charge is 0.199 e. The van der Waals surface area contributed by atoms with E-state index in [0.717, 1.165) is 27.2 Å². The van der Waals surface area contributed by atoms with Crippen LogP contribution < -0.4 is 5.73 Å². The van der Waals surface area contributed by atoms with Crippen molar-refractivity contribution >= 4 is 44.0 Å². The van der Waals surface area contributed by atoms with Crippen LogP contribution in [0.4, 0.5) is 5.69 Å². The molecule has 0 spiro atoms. The molecule has 5 rings (SSSR count). The predicted molar refractivity (Wildman–Crippen MR) is 109 cm³/mol. The molecule has 4 N–H and O–H groups in total. The summed E-state index contributed by atoms with van der Waals surface area (Å²) < 4.78 is 0. The van der Waals surface area contributed by atoms with Crippen LogP contribution >= 0.6 is 0 Å². The highest BCUT2D eigenvalue weighted by molar-refractivity contribution is 6.23. The number of carbonyl (C=O) groups excluding carboxylic acids is 1. The van der Waals surface area contributed by atoms with Crippen LogP contribution in [0.25, 0.3) is 32.6 Å². The van der Waals surface area contributed by atoms with Gasteiger partial charge in [-0.1, -0.05) is 54.6 Å². The molecule has 0 aliphatic heterocycles. The van der Waals surface area contributed by atoms with E-state index in [1.165, 1.54) is 0 Å². The minimum Gasteiger partial charge on any atom is -0.507 e. The number of benzene rings is 4. The van der Waals surface area contributed by atoms with Gasteiger partial charge in [0.15, 0.2) is 5.78 Å². The number of hydrogen-bond donors (Lipinski definition) is 3. The highest BCUT2D eigenvalue weighted by Gasteiger charge is 2.21. The molecular weight excluding hydrogens is 336 g/mol. The van der Waals surface area contributed by atoms with Crippen molar-refractivity contribution in [3.05, 3.63) is 83.9 Å². The Morgan fingerprint density at radius 3 is 2.41 bits per heavy atom. The second-order valence-corrected chi connectivity index (χ2v) is 6.63. The zero-order chi connectivity index (χ0) is 18.5. The van der Waals surface area contributed by atoms with Crippen LogP contribution in [0.5, 0.6) is 5.75 Å². The molecule has 4 nitrogen and oxygen atoms in total. The molecule has 0 bridgehead atoms. The van der Waals surface area contributed by atoms with Crippen LogP contribution in [0, 0.1) is 0 Å². The molecule has 0 unspecified atom stereocenters. The zero-order valence-corrected chi connectivity index (χ0v) is 14.4. The Labute approximate surface area is 154 Å². The number of hydrogen-bond acceptors (Lipinski definition) is 3. The maximum absolute atomic E-state index is 13.3. The van der Waals surface area contributed by atoms with Gasteiger partial charge in [-0.05, 0) is 29.0 Å². The third-order valence-electron chi connectivity index (χ3n) is 5.10. The van der Waals surface area contributed by atoms with Gasteiger partial charge in [-0.2, -0.15) is 0 Å². The van der Waals surface area contributed by atoms with E-state index in [4.69, 9.17) is 5.73 Å². The fourth-order valence-corrected chi connectivity index (χ4v) is 3.77. The van der Waals surface area contributed by atoms with Crippen molar-refractivity contribution in [2.45, 2.75) is 0 Å². The number of carbonyl (C=O) groups is 1. The number of H-pyrrole nitrogens is 1. The fourth-order valence-electron chi connectivity index (χ4n) is 3.77. The standard InChI is InChI=1S/C23H16N2O2/c24-21-17(11-10-16-15-7-3-4-8-18(15)25-22(16)21)23(27)20-14-6-2-1-5-13(14)9-12-19(20)26/h1-12,25-26H,24H2. The number of aromatic hydroxyl groups is 1. The number of aromatic amines is 1. The van der Waals surface area contributed by atoms with Gasteiger partial charge in [-0.25, -0.2) is 0 Å². The summed E-state index contributed by atoms with van der Waals surface area (Å²) in [7, 11) is 0. The summed E-state index contributed by atoms with van der Waals surface area (Å²) >= 11 is 0. The lowest BCUT2D eigenvalue weighted by molar-refractivity contribution is 0.103. The summed E-state index contributed by atoms with van der Waals surface area (Å²) in [4.78, 5) is 16.6. The van der Waals surface area contributed by atoms with Crippen LogP contribution in [0.2, 0.25) is 0 Å². The SMILES string of the molecule is Nc1c(C(=O)c2c(O)ccc3ccccc23)ccc2c1[nH]c1ccccc12. The first-order chi connectivity index (χ1) is 13.1. The molecule has 0 fully saturated rings. The lowest BCUT2D eigenvalue weighted by Gasteiger charge is -2.11. The van der Waals surface area contributed by atoms with E-state index in [1.807, 2.05) is 54.6 Å². The molecule has 4 aromatic carbocycles. The number of anilines is 1. The summed E-state index contributed by atoms with van der Waals surface area (Å²) in [6.07, 6.45) is 0. The number of nitrogen functional groups attached to an aromatic ring is 1. The number of phenols is 1. The summed E-state index contributed by atoms with van der Waals surface area (Å²) in [5.41, 5.74) is 9.13. The third-order valence-corrected chi connectivity index (χ3v) is 5.10. The van der Waals surface area contributed by atoms with Crippen LogP contribution in [0.1, 0.15) is 15.9 Å². The molecule has 0 amide bonds. The Balaban J connectivity index is 1.77. The van der Waals surface area contributed by atoms with E-state index in [0.29, 0.717) is 16.6 Å². The molecule has 130 valence electrons. The van der Waals surface area contributed by atoms with E-state index >= 15 is 0 Å². The second-order valence-electron chi connectivity index (χ2n) is 6.63. The van der Waals surface area contributed by atoms with Crippen molar-refractivity contribution in [2.24, 2.45) is 0 Å². The quantitative estimate of drug-likeness (QED) is 0.309. The highest BCUT2D eigenvalue weighted by atomic mass is 16.3. The van der Waals surface area contributed by atoms with Crippen LogP contribution in [-0.4, -0.2) is 15.9 Å². The van der Waals surface area contributed by atoms with Crippen molar-refractivity contribution in [1.29, 1.82) is 0 Å². The molecule has 1 heterocycles. The number of rotatable bonds is 2. The van der Waals surface area contributed by atoms with Gasteiger partial charge >= 0.3 is 0 Å². The van der Waals surface area contributed by atoms with Crippen LogP contribution in [-0.2, 0) is 0 Å². The van der Waals surface area contributed by atoms with E-state index in [1.54, 1.807) is 18.2 Å². The number of fused-ring (bicyclic) bond motifs is 4. The fraction of sp³-hybridized carbons (Fsp3) is 0. The molecule has 27 heavy (non-hydrogen) atoms. The Morgan fingerprint density at radius 2 is 1.56 bits per heavy atom. The number of nitrogens with one attached hydrogen (secondary N) is 1. The van der Waals surface area contributed by atoms with E-state index in [-0.39, 0.29) is 17.1 Å². The maximum atomic E-state index is 13.3. The molecule has 0 radical (unpaired) electrons. The second kappa shape index (κ2) is 5.61.